The van der Waals surface area contributed by atoms with Crippen LogP contribution in [-0.2, 0) is 14.1 Å². The van der Waals surface area contributed by atoms with Crippen molar-refractivity contribution in [1.29, 1.82) is 0 Å². The molecule has 2 fully saturated rings. The number of hydrogen-bond donors (Lipinski definition) is 0. The first kappa shape index (κ1) is 19.2. The summed E-state index contributed by atoms with van der Waals surface area (Å²) < 4.78 is 51.2. The molecule has 0 spiro atoms. The molecule has 1 aromatic carbocycles. The second kappa shape index (κ2) is 5.99. The maximum Gasteiger partial charge on any atom is 0.494 e. The van der Waals surface area contributed by atoms with Crippen molar-refractivity contribution in [3.05, 3.63) is 24.3 Å². The van der Waals surface area contributed by atoms with Crippen molar-refractivity contribution in [1.82, 2.24) is 0 Å². The lowest BCUT2D eigenvalue weighted by Gasteiger charge is -2.32. The van der Waals surface area contributed by atoms with E-state index in [2.05, 4.69) is 0 Å². The molecule has 0 bridgehead atoms. The molecule has 0 N–H and O–H groups in total. The van der Waals surface area contributed by atoms with Crippen LogP contribution in [0, 0.1) is 11.8 Å². The van der Waals surface area contributed by atoms with Gasteiger partial charge in [0, 0.05) is 18.2 Å². The predicted octanol–water partition coefficient (Wildman–Crippen LogP) is 3.15. The molecule has 142 valence electrons. The summed E-state index contributed by atoms with van der Waals surface area (Å²) in [6, 6.07) is 6.75. The topological polar surface area (TPSA) is 38.8 Å². The van der Waals surface area contributed by atoms with Gasteiger partial charge in [-0.05, 0) is 45.3 Å². The van der Waals surface area contributed by atoms with Gasteiger partial charge in [0.25, 0.3) is 0 Å². The fraction of sp³-hybridized carbons (Fsp3) is 0.611. The Morgan fingerprint density at radius 1 is 1.08 bits per heavy atom. The summed E-state index contributed by atoms with van der Waals surface area (Å²) in [6.07, 6.45) is -4.38. The Morgan fingerprint density at radius 3 is 2.00 bits per heavy atom. The second-order valence-electron chi connectivity index (χ2n) is 8.07. The van der Waals surface area contributed by atoms with Crippen LogP contribution in [0.2, 0.25) is 0 Å². The summed E-state index contributed by atoms with van der Waals surface area (Å²) in [6.45, 7) is 8.77. The molecule has 3 rings (SSSR count). The molecular weight excluding hydrogens is 346 g/mol. The molecule has 26 heavy (non-hydrogen) atoms. The number of halogens is 3. The normalized spacial score (nSPS) is 28.1. The first-order valence-corrected chi connectivity index (χ1v) is 8.67. The van der Waals surface area contributed by atoms with Gasteiger partial charge < -0.3 is 14.2 Å². The molecule has 0 aliphatic carbocycles. The van der Waals surface area contributed by atoms with Crippen LogP contribution in [0.5, 0.6) is 0 Å². The van der Waals surface area contributed by atoms with Crippen LogP contribution in [-0.4, -0.2) is 36.9 Å². The lowest BCUT2D eigenvalue weighted by atomic mass is 9.79. The number of benzene rings is 1. The molecule has 0 aromatic heterocycles. The largest absolute Gasteiger partial charge is 0.494 e. The van der Waals surface area contributed by atoms with E-state index in [1.54, 1.807) is 24.3 Å². The predicted molar refractivity (Wildman–Crippen MR) is 93.2 cm³/mol. The Bertz CT molecular complexity index is 687. The summed E-state index contributed by atoms with van der Waals surface area (Å²) in [5, 5.41) is 0. The Hall–Kier alpha value is -1.54. The molecule has 2 saturated heterocycles. The van der Waals surface area contributed by atoms with Gasteiger partial charge in [-0.3, -0.25) is 4.79 Å². The van der Waals surface area contributed by atoms with Gasteiger partial charge >= 0.3 is 13.3 Å². The van der Waals surface area contributed by atoms with E-state index in [0.717, 1.165) is 5.46 Å². The summed E-state index contributed by atoms with van der Waals surface area (Å²) in [5.74, 6) is -3.22. The van der Waals surface area contributed by atoms with Gasteiger partial charge in [-0.25, -0.2) is 0 Å². The van der Waals surface area contributed by atoms with Gasteiger partial charge in [0.1, 0.15) is 0 Å². The molecule has 4 nitrogen and oxygen atoms in total. The van der Waals surface area contributed by atoms with Crippen molar-refractivity contribution in [2.24, 2.45) is 11.8 Å². The molecule has 2 unspecified atom stereocenters. The fourth-order valence-electron chi connectivity index (χ4n) is 3.27. The summed E-state index contributed by atoms with van der Waals surface area (Å²) in [7, 11) is -0.551. The van der Waals surface area contributed by atoms with Crippen molar-refractivity contribution in [2.75, 3.05) is 11.4 Å². The Morgan fingerprint density at radius 2 is 1.58 bits per heavy atom. The zero-order valence-corrected chi connectivity index (χ0v) is 15.6. The molecule has 1 aromatic rings. The van der Waals surface area contributed by atoms with E-state index >= 15 is 0 Å². The van der Waals surface area contributed by atoms with Crippen LogP contribution in [0.1, 0.15) is 34.6 Å². The summed E-state index contributed by atoms with van der Waals surface area (Å²) in [5.41, 5.74) is 0.265. The van der Waals surface area contributed by atoms with Crippen LogP contribution in [0.25, 0.3) is 0 Å². The highest BCUT2D eigenvalue weighted by Gasteiger charge is 2.53. The Labute approximate surface area is 151 Å². The number of alkyl halides is 3. The first-order valence-electron chi connectivity index (χ1n) is 8.67. The lowest BCUT2D eigenvalue weighted by Crippen LogP contribution is -2.41. The highest BCUT2D eigenvalue weighted by atomic mass is 19.4. The second-order valence-corrected chi connectivity index (χ2v) is 8.07. The number of amides is 1. The van der Waals surface area contributed by atoms with Crippen molar-refractivity contribution >= 4 is 24.2 Å². The number of carbonyl (C=O) groups is 1. The molecule has 2 heterocycles. The zero-order valence-electron chi connectivity index (χ0n) is 15.6. The average Bonchev–Trinajstić information content (AvgIpc) is 2.93. The van der Waals surface area contributed by atoms with Crippen LogP contribution in [0.4, 0.5) is 18.9 Å². The standard InChI is InChI=1S/C18H23BF3NO3/c1-11-14(18(20,21)22)10-23(15(11)24)13-8-6-12(7-9-13)19-25-16(2,3)17(4,5)26-19/h6-9,11,14H,10H2,1-5H3. The number of hydrogen-bond acceptors (Lipinski definition) is 3. The third-order valence-corrected chi connectivity index (χ3v) is 5.79. The van der Waals surface area contributed by atoms with E-state index in [-0.39, 0.29) is 6.54 Å². The average molecular weight is 369 g/mol. The van der Waals surface area contributed by atoms with Crippen molar-refractivity contribution < 1.29 is 27.3 Å². The fourth-order valence-corrected chi connectivity index (χ4v) is 3.27. The lowest BCUT2D eigenvalue weighted by molar-refractivity contribution is -0.179. The van der Waals surface area contributed by atoms with Crippen LogP contribution in [0.15, 0.2) is 24.3 Å². The molecular formula is C18H23BF3NO3. The molecule has 2 aliphatic heterocycles. The van der Waals surface area contributed by atoms with Crippen molar-refractivity contribution in [2.45, 2.75) is 52.0 Å². The van der Waals surface area contributed by atoms with Gasteiger partial charge in [-0.1, -0.05) is 19.1 Å². The summed E-state index contributed by atoms with van der Waals surface area (Å²) in [4.78, 5) is 13.5. The van der Waals surface area contributed by atoms with Gasteiger partial charge in [-0.2, -0.15) is 13.2 Å². The third kappa shape index (κ3) is 3.13. The SMILES string of the molecule is CC1C(=O)N(c2ccc(B3OC(C)(C)C(C)(C)O3)cc2)CC1C(F)(F)F. The minimum absolute atomic E-state index is 0.348. The Balaban J connectivity index is 1.78. The molecule has 1 amide bonds. The third-order valence-electron chi connectivity index (χ3n) is 5.79. The number of anilines is 1. The highest BCUT2D eigenvalue weighted by Crippen LogP contribution is 2.40. The van der Waals surface area contributed by atoms with E-state index in [0.29, 0.717) is 5.69 Å². The summed E-state index contributed by atoms with van der Waals surface area (Å²) >= 11 is 0. The molecule has 2 atom stereocenters. The van der Waals surface area contributed by atoms with Crippen LogP contribution < -0.4 is 10.4 Å². The van der Waals surface area contributed by atoms with E-state index in [9.17, 15) is 18.0 Å². The van der Waals surface area contributed by atoms with Gasteiger partial charge in [-0.15, -0.1) is 0 Å². The number of carbonyl (C=O) groups excluding carboxylic acids is 1. The van der Waals surface area contributed by atoms with Gasteiger partial charge in [0.2, 0.25) is 5.91 Å². The maximum absolute atomic E-state index is 13.1. The smallest absolute Gasteiger partial charge is 0.399 e. The number of rotatable bonds is 2. The molecule has 0 saturated carbocycles. The van der Waals surface area contributed by atoms with Gasteiger partial charge in [0.15, 0.2) is 0 Å². The number of nitrogens with zero attached hydrogens (tertiary/aromatic N) is 1. The molecule has 2 aliphatic rings. The van der Waals surface area contributed by atoms with E-state index < -0.39 is 42.2 Å². The van der Waals surface area contributed by atoms with Gasteiger partial charge in [0.05, 0.1) is 17.1 Å². The monoisotopic (exact) mass is 369 g/mol. The van der Waals surface area contributed by atoms with Crippen LogP contribution >= 0.6 is 0 Å². The van der Waals surface area contributed by atoms with E-state index in [1.807, 2.05) is 27.7 Å². The van der Waals surface area contributed by atoms with Crippen LogP contribution in [0.3, 0.4) is 0 Å². The zero-order chi connectivity index (χ0) is 19.5. The Kier molecular flexibility index (Phi) is 4.43. The van der Waals surface area contributed by atoms with Crippen molar-refractivity contribution in [3.8, 4) is 0 Å². The van der Waals surface area contributed by atoms with E-state index in [1.165, 1.54) is 11.8 Å². The van der Waals surface area contributed by atoms with Crippen molar-refractivity contribution in [3.63, 3.8) is 0 Å². The minimum Gasteiger partial charge on any atom is -0.399 e. The minimum atomic E-state index is -4.38. The van der Waals surface area contributed by atoms with E-state index in [4.69, 9.17) is 9.31 Å². The molecule has 0 radical (unpaired) electrons. The quantitative estimate of drug-likeness (QED) is 0.752. The molecule has 8 heteroatoms. The maximum atomic E-state index is 13.1. The first-order chi connectivity index (χ1) is 11.8. The highest BCUT2D eigenvalue weighted by molar-refractivity contribution is 6.62.